The minimum absolute atomic E-state index is 0.0115. The first-order valence-electron chi connectivity index (χ1n) is 9.70. The average Bonchev–Trinajstić information content (AvgIpc) is 2.71. The van der Waals surface area contributed by atoms with Crippen LogP contribution in [-0.4, -0.2) is 43.4 Å². The van der Waals surface area contributed by atoms with Gasteiger partial charge in [-0.05, 0) is 63.1 Å². The molecular formula is C21H23F3N2O4S. The lowest BCUT2D eigenvalue weighted by atomic mass is 10.0. The smallest absolute Gasteiger partial charge is 0.263 e. The molecule has 1 aliphatic rings. The van der Waals surface area contributed by atoms with Crippen LogP contribution in [0, 0.1) is 17.5 Å². The van der Waals surface area contributed by atoms with Crippen molar-refractivity contribution in [3.8, 4) is 5.75 Å². The zero-order valence-corrected chi connectivity index (χ0v) is 17.9. The molecule has 0 bridgehead atoms. The minimum atomic E-state index is -3.74. The van der Waals surface area contributed by atoms with Crippen molar-refractivity contribution in [3.05, 3.63) is 59.9 Å². The summed E-state index contributed by atoms with van der Waals surface area (Å²) in [4.78, 5) is 12.7. The first kappa shape index (κ1) is 23.1. The summed E-state index contributed by atoms with van der Waals surface area (Å²) >= 11 is 0. The third-order valence-electron chi connectivity index (χ3n) is 5.05. The highest BCUT2D eigenvalue weighted by molar-refractivity contribution is 7.89. The quantitative estimate of drug-likeness (QED) is 0.724. The van der Waals surface area contributed by atoms with Gasteiger partial charge in [0, 0.05) is 25.2 Å². The van der Waals surface area contributed by atoms with E-state index in [1.807, 2.05) is 0 Å². The van der Waals surface area contributed by atoms with Crippen LogP contribution in [0.1, 0.15) is 26.7 Å². The Kier molecular flexibility index (Phi) is 6.61. The Morgan fingerprint density at radius 2 is 1.65 bits per heavy atom. The normalized spacial score (nSPS) is 16.2. The number of hydrogen-bond donors (Lipinski definition) is 1. The number of carbonyl (C=O) groups is 1. The van der Waals surface area contributed by atoms with Crippen LogP contribution in [-0.2, 0) is 14.8 Å². The van der Waals surface area contributed by atoms with E-state index in [0.29, 0.717) is 12.8 Å². The largest absolute Gasteiger partial charge is 0.478 e. The molecule has 1 aliphatic heterocycles. The Morgan fingerprint density at radius 3 is 2.23 bits per heavy atom. The molecule has 3 rings (SSSR count). The fourth-order valence-corrected chi connectivity index (χ4v) is 4.71. The molecule has 0 aromatic heterocycles. The van der Waals surface area contributed by atoms with Crippen molar-refractivity contribution < 1.29 is 31.1 Å². The van der Waals surface area contributed by atoms with E-state index in [9.17, 15) is 26.4 Å². The summed E-state index contributed by atoms with van der Waals surface area (Å²) in [5.41, 5.74) is -1.36. The molecule has 1 amide bonds. The van der Waals surface area contributed by atoms with E-state index in [1.54, 1.807) is 0 Å². The van der Waals surface area contributed by atoms with E-state index < -0.39 is 39.0 Å². The van der Waals surface area contributed by atoms with Gasteiger partial charge in [-0.25, -0.2) is 21.6 Å². The van der Waals surface area contributed by atoms with Crippen molar-refractivity contribution in [3.63, 3.8) is 0 Å². The van der Waals surface area contributed by atoms with E-state index in [2.05, 4.69) is 5.32 Å². The lowest BCUT2D eigenvalue weighted by molar-refractivity contribution is -0.135. The van der Waals surface area contributed by atoms with E-state index in [4.69, 9.17) is 4.74 Å². The van der Waals surface area contributed by atoms with Crippen LogP contribution in [0.2, 0.25) is 0 Å². The maximum Gasteiger partial charge on any atom is 0.263 e. The van der Waals surface area contributed by atoms with Crippen molar-refractivity contribution in [2.24, 2.45) is 0 Å². The standard InChI is InChI=1S/C21H23F3N2O4S/c1-21(2,30-16-5-8-18(23)19(24)13-16)20(27)25-15-9-11-26(12-10-15)31(28,29)17-6-3-14(22)4-7-17/h3-8,13,15H,9-12H2,1-2H3,(H,25,27). The zero-order valence-electron chi connectivity index (χ0n) is 17.1. The molecular weight excluding hydrogens is 433 g/mol. The predicted octanol–water partition coefficient (Wildman–Crippen LogP) is 3.23. The molecule has 10 heteroatoms. The average molecular weight is 456 g/mol. The highest BCUT2D eigenvalue weighted by Gasteiger charge is 2.35. The summed E-state index contributed by atoms with van der Waals surface area (Å²) in [6, 6.07) is 7.35. The van der Waals surface area contributed by atoms with Crippen LogP contribution in [0.3, 0.4) is 0 Å². The Hall–Kier alpha value is -2.59. The molecule has 0 spiro atoms. The minimum Gasteiger partial charge on any atom is -0.478 e. The van der Waals surface area contributed by atoms with Gasteiger partial charge in [0.05, 0.1) is 4.90 Å². The Bertz CT molecular complexity index is 1050. The van der Waals surface area contributed by atoms with Crippen molar-refractivity contribution >= 4 is 15.9 Å². The number of halogens is 3. The number of hydrogen-bond acceptors (Lipinski definition) is 4. The van der Waals surface area contributed by atoms with Gasteiger partial charge in [-0.3, -0.25) is 4.79 Å². The Morgan fingerprint density at radius 1 is 1.03 bits per heavy atom. The maximum absolute atomic E-state index is 13.4. The van der Waals surface area contributed by atoms with E-state index in [0.717, 1.165) is 24.3 Å². The molecule has 1 N–H and O–H groups in total. The van der Waals surface area contributed by atoms with Crippen LogP contribution in [0.5, 0.6) is 5.75 Å². The van der Waals surface area contributed by atoms with Gasteiger partial charge in [-0.2, -0.15) is 4.31 Å². The molecule has 0 saturated carbocycles. The number of nitrogens with one attached hydrogen (secondary N) is 1. The summed E-state index contributed by atoms with van der Waals surface area (Å²) in [6.07, 6.45) is 0.765. The highest BCUT2D eigenvalue weighted by atomic mass is 32.2. The van der Waals surface area contributed by atoms with E-state index in [1.165, 1.54) is 36.4 Å². The van der Waals surface area contributed by atoms with Crippen LogP contribution in [0.25, 0.3) is 0 Å². The van der Waals surface area contributed by atoms with Gasteiger partial charge in [0.25, 0.3) is 5.91 Å². The SMILES string of the molecule is CC(C)(Oc1ccc(F)c(F)c1)C(=O)NC1CCN(S(=O)(=O)c2ccc(F)cc2)CC1. The third-order valence-corrected chi connectivity index (χ3v) is 6.96. The first-order chi connectivity index (χ1) is 14.5. The zero-order chi connectivity index (χ0) is 22.8. The summed E-state index contributed by atoms with van der Waals surface area (Å²) in [5.74, 6) is -3.06. The molecule has 0 radical (unpaired) electrons. The summed E-state index contributed by atoms with van der Waals surface area (Å²) in [5, 5.41) is 2.82. The van der Waals surface area contributed by atoms with Gasteiger partial charge >= 0.3 is 0 Å². The van der Waals surface area contributed by atoms with Gasteiger partial charge in [-0.1, -0.05) is 0 Å². The van der Waals surface area contributed by atoms with Crippen molar-refractivity contribution in [1.29, 1.82) is 0 Å². The second-order valence-corrected chi connectivity index (χ2v) is 9.73. The predicted molar refractivity (Wildman–Crippen MR) is 107 cm³/mol. The van der Waals surface area contributed by atoms with Gasteiger partial charge < -0.3 is 10.1 Å². The van der Waals surface area contributed by atoms with Crippen molar-refractivity contribution in [2.75, 3.05) is 13.1 Å². The molecule has 0 unspecified atom stereocenters. The molecule has 1 heterocycles. The monoisotopic (exact) mass is 456 g/mol. The van der Waals surface area contributed by atoms with E-state index in [-0.39, 0.29) is 29.8 Å². The van der Waals surface area contributed by atoms with Crippen molar-refractivity contribution in [1.82, 2.24) is 9.62 Å². The summed E-state index contributed by atoms with van der Waals surface area (Å²) in [7, 11) is -3.74. The van der Waals surface area contributed by atoms with Crippen LogP contribution in [0.15, 0.2) is 47.4 Å². The lowest BCUT2D eigenvalue weighted by Gasteiger charge is -2.34. The van der Waals surface area contributed by atoms with Gasteiger partial charge in [0.2, 0.25) is 10.0 Å². The number of carbonyl (C=O) groups excluding carboxylic acids is 1. The van der Waals surface area contributed by atoms with Gasteiger partial charge in [0.15, 0.2) is 17.2 Å². The maximum atomic E-state index is 13.4. The second-order valence-electron chi connectivity index (χ2n) is 7.79. The molecule has 2 aromatic rings. The topological polar surface area (TPSA) is 75.7 Å². The molecule has 31 heavy (non-hydrogen) atoms. The molecule has 168 valence electrons. The van der Waals surface area contributed by atoms with Crippen LogP contribution < -0.4 is 10.1 Å². The summed E-state index contributed by atoms with van der Waals surface area (Å²) in [6.45, 7) is 3.37. The number of piperidine rings is 1. The number of ether oxygens (including phenoxy) is 1. The van der Waals surface area contributed by atoms with Crippen molar-refractivity contribution in [2.45, 2.75) is 43.2 Å². The summed E-state index contributed by atoms with van der Waals surface area (Å²) < 4.78 is 71.7. The van der Waals surface area contributed by atoms with E-state index >= 15 is 0 Å². The fraction of sp³-hybridized carbons (Fsp3) is 0.381. The fourth-order valence-electron chi connectivity index (χ4n) is 3.24. The lowest BCUT2D eigenvalue weighted by Crippen LogP contribution is -2.53. The Balaban J connectivity index is 1.57. The molecule has 6 nitrogen and oxygen atoms in total. The molecule has 1 fully saturated rings. The molecule has 0 aliphatic carbocycles. The number of nitrogens with zero attached hydrogens (tertiary/aromatic N) is 1. The first-order valence-corrected chi connectivity index (χ1v) is 11.1. The molecule has 0 atom stereocenters. The molecule has 2 aromatic carbocycles. The number of sulfonamides is 1. The van der Waals surface area contributed by atoms with Gasteiger partial charge in [0.1, 0.15) is 11.6 Å². The third kappa shape index (κ3) is 5.37. The second kappa shape index (κ2) is 8.88. The number of benzene rings is 2. The number of amides is 1. The Labute approximate surface area is 179 Å². The van der Waals surface area contributed by atoms with Gasteiger partial charge in [-0.15, -0.1) is 0 Å². The van der Waals surface area contributed by atoms with Crippen LogP contribution in [0.4, 0.5) is 13.2 Å². The number of rotatable bonds is 6. The highest BCUT2D eigenvalue weighted by Crippen LogP contribution is 2.24. The molecule has 1 saturated heterocycles. The van der Waals surface area contributed by atoms with Crippen LogP contribution >= 0.6 is 0 Å².